The first kappa shape index (κ1) is 16.1. The molecule has 0 radical (unpaired) electrons. The summed E-state index contributed by atoms with van der Waals surface area (Å²) in [6.45, 7) is 12.9. The van der Waals surface area contributed by atoms with E-state index < -0.39 is 18.3 Å². The number of nitrogens with zero attached hydrogens (tertiary/aromatic N) is 1. The SMILES string of the molecule is CCOC(=O)c1cc(B2OC(C)(C)C(C)(C)O2)cn1CC. The van der Waals surface area contributed by atoms with Gasteiger partial charge in [-0.1, -0.05) is 0 Å². The zero-order chi connectivity index (χ0) is 15.8. The molecule has 0 saturated carbocycles. The first-order valence-electron chi connectivity index (χ1n) is 7.44. The fourth-order valence-electron chi connectivity index (χ4n) is 2.28. The highest BCUT2D eigenvalue weighted by atomic mass is 16.7. The van der Waals surface area contributed by atoms with Gasteiger partial charge in [0.1, 0.15) is 5.69 Å². The van der Waals surface area contributed by atoms with Gasteiger partial charge in [-0.25, -0.2) is 4.79 Å². The van der Waals surface area contributed by atoms with Crippen LogP contribution in [0, 0.1) is 0 Å². The molecule has 1 aliphatic rings. The van der Waals surface area contributed by atoms with Gasteiger partial charge in [0.25, 0.3) is 0 Å². The third kappa shape index (κ3) is 2.87. The number of carbonyl (C=O) groups is 1. The molecule has 2 rings (SSSR count). The van der Waals surface area contributed by atoms with E-state index >= 15 is 0 Å². The number of hydrogen-bond donors (Lipinski definition) is 0. The second-order valence-electron chi connectivity index (χ2n) is 6.25. The number of carbonyl (C=O) groups excluding carboxylic acids is 1. The Kier molecular flexibility index (Phi) is 4.22. The Bertz CT molecular complexity index is 520. The normalized spacial score (nSPS) is 19.8. The first-order valence-corrected chi connectivity index (χ1v) is 7.44. The zero-order valence-electron chi connectivity index (χ0n) is 13.7. The molecule has 5 nitrogen and oxygen atoms in total. The number of hydrogen-bond acceptors (Lipinski definition) is 4. The Morgan fingerprint density at radius 1 is 1.24 bits per heavy atom. The number of aryl methyl sites for hydroxylation is 1. The van der Waals surface area contributed by atoms with Crippen LogP contribution in [0.15, 0.2) is 12.3 Å². The summed E-state index contributed by atoms with van der Waals surface area (Å²) in [7, 11) is -0.462. The van der Waals surface area contributed by atoms with Crippen molar-refractivity contribution < 1.29 is 18.8 Å². The molecule has 0 unspecified atom stereocenters. The molecule has 2 heterocycles. The van der Waals surface area contributed by atoms with E-state index in [2.05, 4.69) is 0 Å². The minimum Gasteiger partial charge on any atom is -0.461 e. The maximum absolute atomic E-state index is 12.0. The topological polar surface area (TPSA) is 49.7 Å². The van der Waals surface area contributed by atoms with Crippen LogP contribution >= 0.6 is 0 Å². The third-order valence-electron chi connectivity index (χ3n) is 4.27. The molecule has 0 spiro atoms. The van der Waals surface area contributed by atoms with Crippen LogP contribution in [0.2, 0.25) is 0 Å². The molecule has 0 bridgehead atoms. The summed E-state index contributed by atoms with van der Waals surface area (Å²) in [4.78, 5) is 12.0. The number of rotatable bonds is 4. The summed E-state index contributed by atoms with van der Waals surface area (Å²) >= 11 is 0. The molecule has 1 saturated heterocycles. The lowest BCUT2D eigenvalue weighted by Crippen LogP contribution is -2.41. The van der Waals surface area contributed by atoms with Gasteiger partial charge in [-0.2, -0.15) is 0 Å². The highest BCUT2D eigenvalue weighted by Gasteiger charge is 2.52. The van der Waals surface area contributed by atoms with E-state index in [4.69, 9.17) is 14.0 Å². The Morgan fingerprint density at radius 3 is 2.29 bits per heavy atom. The molecule has 0 amide bonds. The Labute approximate surface area is 126 Å². The van der Waals surface area contributed by atoms with Crippen molar-refractivity contribution in [3.8, 4) is 0 Å². The monoisotopic (exact) mass is 293 g/mol. The highest BCUT2D eigenvalue weighted by molar-refractivity contribution is 6.62. The minimum absolute atomic E-state index is 0.317. The fraction of sp³-hybridized carbons (Fsp3) is 0.667. The van der Waals surface area contributed by atoms with Gasteiger partial charge in [-0.05, 0) is 47.6 Å². The molecule has 6 heteroatoms. The van der Waals surface area contributed by atoms with Crippen LogP contribution in [0.1, 0.15) is 52.0 Å². The maximum atomic E-state index is 12.0. The average molecular weight is 293 g/mol. The smallest absolute Gasteiger partial charge is 0.461 e. The van der Waals surface area contributed by atoms with Gasteiger partial charge in [0.2, 0.25) is 0 Å². The summed E-state index contributed by atoms with van der Waals surface area (Å²) in [6.07, 6.45) is 1.90. The second kappa shape index (κ2) is 5.50. The van der Waals surface area contributed by atoms with Crippen LogP contribution in [0.4, 0.5) is 0 Å². The third-order valence-corrected chi connectivity index (χ3v) is 4.27. The van der Waals surface area contributed by atoms with Crippen LogP contribution in [0.25, 0.3) is 0 Å². The van der Waals surface area contributed by atoms with E-state index in [0.717, 1.165) is 5.46 Å². The van der Waals surface area contributed by atoms with E-state index in [0.29, 0.717) is 18.8 Å². The van der Waals surface area contributed by atoms with Gasteiger partial charge >= 0.3 is 13.1 Å². The number of aromatic nitrogens is 1. The number of ether oxygens (including phenoxy) is 1. The van der Waals surface area contributed by atoms with Crippen molar-refractivity contribution in [2.75, 3.05) is 6.61 Å². The van der Waals surface area contributed by atoms with Crippen molar-refractivity contribution >= 4 is 18.6 Å². The zero-order valence-corrected chi connectivity index (χ0v) is 13.7. The highest BCUT2D eigenvalue weighted by Crippen LogP contribution is 2.36. The Morgan fingerprint density at radius 2 is 1.81 bits per heavy atom. The minimum atomic E-state index is -0.462. The first-order chi connectivity index (χ1) is 9.71. The van der Waals surface area contributed by atoms with Crippen LogP contribution in [-0.4, -0.2) is 35.5 Å². The summed E-state index contributed by atoms with van der Waals surface area (Å²) < 4.78 is 19.0. The predicted octanol–water partition coefficient (Wildman–Crippen LogP) is 1.98. The number of esters is 1. The molecule has 1 aromatic rings. The summed E-state index contributed by atoms with van der Waals surface area (Å²) in [5.41, 5.74) is 0.592. The summed E-state index contributed by atoms with van der Waals surface area (Å²) in [5, 5.41) is 0. The van der Waals surface area contributed by atoms with E-state index in [1.54, 1.807) is 13.0 Å². The van der Waals surface area contributed by atoms with Gasteiger partial charge < -0.3 is 18.6 Å². The molecule has 0 N–H and O–H groups in total. The molecule has 1 aromatic heterocycles. The van der Waals surface area contributed by atoms with Crippen molar-refractivity contribution in [2.45, 2.75) is 59.3 Å². The Hall–Kier alpha value is -1.27. The second-order valence-corrected chi connectivity index (χ2v) is 6.25. The summed E-state index contributed by atoms with van der Waals surface area (Å²) in [5.74, 6) is -0.317. The van der Waals surface area contributed by atoms with E-state index in [-0.39, 0.29) is 5.97 Å². The van der Waals surface area contributed by atoms with E-state index in [1.165, 1.54) is 0 Å². The fourth-order valence-corrected chi connectivity index (χ4v) is 2.28. The molecule has 1 aliphatic heterocycles. The van der Waals surface area contributed by atoms with E-state index in [1.807, 2.05) is 45.4 Å². The van der Waals surface area contributed by atoms with Crippen molar-refractivity contribution in [1.29, 1.82) is 0 Å². The molecular weight excluding hydrogens is 269 g/mol. The van der Waals surface area contributed by atoms with Gasteiger partial charge in [0, 0.05) is 18.2 Å². The Balaban J connectivity index is 2.29. The summed E-state index contributed by atoms with van der Waals surface area (Å²) in [6, 6.07) is 1.80. The van der Waals surface area contributed by atoms with Crippen LogP contribution < -0.4 is 5.46 Å². The predicted molar refractivity (Wildman–Crippen MR) is 81.8 cm³/mol. The van der Waals surface area contributed by atoms with Crippen molar-refractivity contribution in [2.24, 2.45) is 0 Å². The lowest BCUT2D eigenvalue weighted by Gasteiger charge is -2.32. The molecule has 0 aromatic carbocycles. The molecule has 0 atom stereocenters. The lowest BCUT2D eigenvalue weighted by molar-refractivity contribution is 0.00578. The van der Waals surface area contributed by atoms with Crippen molar-refractivity contribution in [3.63, 3.8) is 0 Å². The van der Waals surface area contributed by atoms with Gasteiger partial charge in [0.15, 0.2) is 0 Å². The maximum Gasteiger partial charge on any atom is 0.496 e. The van der Waals surface area contributed by atoms with Gasteiger partial charge in [-0.15, -0.1) is 0 Å². The standard InChI is InChI=1S/C15H24BNO4/c1-7-17-10-11(9-12(17)13(18)19-8-2)16-20-14(3,4)15(5,6)21-16/h9-10H,7-8H2,1-6H3. The molecule has 0 aliphatic carbocycles. The average Bonchev–Trinajstić information content (AvgIpc) is 2.89. The molecular formula is C15H24BNO4. The van der Waals surface area contributed by atoms with Crippen molar-refractivity contribution in [1.82, 2.24) is 4.57 Å². The van der Waals surface area contributed by atoms with Crippen LogP contribution in [0.3, 0.4) is 0 Å². The van der Waals surface area contributed by atoms with Crippen molar-refractivity contribution in [3.05, 3.63) is 18.0 Å². The molecule has 1 fully saturated rings. The van der Waals surface area contributed by atoms with Crippen LogP contribution in [0.5, 0.6) is 0 Å². The lowest BCUT2D eigenvalue weighted by atomic mass is 9.81. The van der Waals surface area contributed by atoms with Gasteiger partial charge in [0.05, 0.1) is 17.8 Å². The van der Waals surface area contributed by atoms with Crippen LogP contribution in [-0.2, 0) is 20.6 Å². The molecule has 116 valence electrons. The van der Waals surface area contributed by atoms with E-state index in [9.17, 15) is 4.79 Å². The molecule has 21 heavy (non-hydrogen) atoms. The largest absolute Gasteiger partial charge is 0.496 e. The van der Waals surface area contributed by atoms with Gasteiger partial charge in [-0.3, -0.25) is 0 Å². The quantitative estimate of drug-likeness (QED) is 0.629.